The third kappa shape index (κ3) is 1.60. The standard InChI is InChI=1S/C12H8N4O2/c17-12(18)9-3-5-14-16-7-10(15-11(9)16)8-2-1-4-13-6-8/h1-7H,(H,17,18). The summed E-state index contributed by atoms with van der Waals surface area (Å²) in [4.78, 5) is 19.4. The molecule has 6 nitrogen and oxygen atoms in total. The number of hydrogen-bond acceptors (Lipinski definition) is 4. The molecular weight excluding hydrogens is 232 g/mol. The second kappa shape index (κ2) is 3.92. The summed E-state index contributed by atoms with van der Waals surface area (Å²) in [6, 6.07) is 5.08. The van der Waals surface area contributed by atoms with Crippen molar-refractivity contribution < 1.29 is 9.90 Å². The third-order valence-electron chi connectivity index (χ3n) is 2.55. The van der Waals surface area contributed by atoms with Gasteiger partial charge in [-0.05, 0) is 18.2 Å². The molecule has 0 aliphatic carbocycles. The summed E-state index contributed by atoms with van der Waals surface area (Å²) in [5.74, 6) is -1.02. The Morgan fingerprint density at radius 3 is 2.89 bits per heavy atom. The molecule has 18 heavy (non-hydrogen) atoms. The van der Waals surface area contributed by atoms with Crippen molar-refractivity contribution >= 4 is 11.6 Å². The number of pyridine rings is 1. The predicted octanol–water partition coefficient (Wildman–Crippen LogP) is 1.49. The van der Waals surface area contributed by atoms with Gasteiger partial charge >= 0.3 is 5.97 Å². The molecule has 0 radical (unpaired) electrons. The lowest BCUT2D eigenvalue weighted by Gasteiger charge is -1.95. The molecule has 3 heterocycles. The summed E-state index contributed by atoms with van der Waals surface area (Å²) in [6.07, 6.45) is 6.45. The summed E-state index contributed by atoms with van der Waals surface area (Å²) < 4.78 is 1.45. The maximum atomic E-state index is 11.1. The Bertz CT molecular complexity index is 721. The van der Waals surface area contributed by atoms with Crippen LogP contribution in [0.3, 0.4) is 0 Å². The van der Waals surface area contributed by atoms with E-state index in [4.69, 9.17) is 5.11 Å². The molecule has 3 rings (SSSR count). The molecule has 0 saturated heterocycles. The first-order valence-corrected chi connectivity index (χ1v) is 5.24. The molecule has 0 saturated carbocycles. The van der Waals surface area contributed by atoms with Crippen LogP contribution in [0.2, 0.25) is 0 Å². The van der Waals surface area contributed by atoms with Crippen LogP contribution in [0.1, 0.15) is 10.4 Å². The van der Waals surface area contributed by atoms with Crippen LogP contribution in [-0.4, -0.2) is 30.7 Å². The molecule has 88 valence electrons. The monoisotopic (exact) mass is 240 g/mol. The number of nitrogens with zero attached hydrogens (tertiary/aromatic N) is 4. The van der Waals surface area contributed by atoms with Crippen LogP contribution in [0.25, 0.3) is 16.9 Å². The predicted molar refractivity (Wildman–Crippen MR) is 63.2 cm³/mol. The van der Waals surface area contributed by atoms with Crippen molar-refractivity contribution in [3.8, 4) is 11.3 Å². The zero-order valence-corrected chi connectivity index (χ0v) is 9.19. The molecule has 0 aliphatic heterocycles. The van der Waals surface area contributed by atoms with E-state index >= 15 is 0 Å². The number of rotatable bonds is 2. The molecule has 1 N–H and O–H groups in total. The van der Waals surface area contributed by atoms with E-state index in [0.717, 1.165) is 5.56 Å². The Morgan fingerprint density at radius 1 is 1.28 bits per heavy atom. The van der Waals surface area contributed by atoms with E-state index in [2.05, 4.69) is 15.1 Å². The van der Waals surface area contributed by atoms with Crippen LogP contribution < -0.4 is 0 Å². The van der Waals surface area contributed by atoms with E-state index in [1.165, 1.54) is 16.8 Å². The molecular formula is C12H8N4O2. The zero-order valence-electron chi connectivity index (χ0n) is 9.19. The van der Waals surface area contributed by atoms with Gasteiger partial charge in [-0.25, -0.2) is 14.3 Å². The van der Waals surface area contributed by atoms with Crippen LogP contribution in [0, 0.1) is 0 Å². The van der Waals surface area contributed by atoms with Crippen LogP contribution in [0.5, 0.6) is 0 Å². The fourth-order valence-electron chi connectivity index (χ4n) is 1.72. The number of hydrogen-bond donors (Lipinski definition) is 1. The second-order valence-corrected chi connectivity index (χ2v) is 3.69. The van der Waals surface area contributed by atoms with Crippen molar-refractivity contribution in [2.75, 3.05) is 0 Å². The minimum absolute atomic E-state index is 0.125. The lowest BCUT2D eigenvalue weighted by molar-refractivity contribution is 0.0698. The third-order valence-corrected chi connectivity index (χ3v) is 2.55. The van der Waals surface area contributed by atoms with Gasteiger partial charge in [-0.2, -0.15) is 5.10 Å². The van der Waals surface area contributed by atoms with Gasteiger partial charge in [0.2, 0.25) is 0 Å². The van der Waals surface area contributed by atoms with Gasteiger partial charge in [-0.3, -0.25) is 4.98 Å². The molecule has 3 aromatic heterocycles. The normalized spacial score (nSPS) is 10.7. The largest absolute Gasteiger partial charge is 0.478 e. The fraction of sp³-hybridized carbons (Fsp3) is 0. The van der Waals surface area contributed by atoms with Gasteiger partial charge in [0.15, 0.2) is 5.65 Å². The number of carboxylic acids is 1. The molecule has 0 aliphatic rings. The van der Waals surface area contributed by atoms with Crippen LogP contribution in [0.4, 0.5) is 0 Å². The smallest absolute Gasteiger partial charge is 0.339 e. The van der Waals surface area contributed by atoms with E-state index in [9.17, 15) is 4.79 Å². The average Bonchev–Trinajstić information content (AvgIpc) is 2.83. The second-order valence-electron chi connectivity index (χ2n) is 3.69. The number of carbonyl (C=O) groups is 1. The van der Waals surface area contributed by atoms with Crippen LogP contribution in [0.15, 0.2) is 43.0 Å². The number of carboxylic acid groups (broad SMARTS) is 1. The minimum Gasteiger partial charge on any atom is -0.478 e. The fourth-order valence-corrected chi connectivity index (χ4v) is 1.72. The molecule has 0 amide bonds. The molecule has 0 fully saturated rings. The summed E-state index contributed by atoms with van der Waals surface area (Å²) >= 11 is 0. The number of aromatic carboxylic acids is 1. The van der Waals surface area contributed by atoms with E-state index in [1.54, 1.807) is 24.7 Å². The van der Waals surface area contributed by atoms with Gasteiger partial charge in [0.1, 0.15) is 5.56 Å². The first kappa shape index (κ1) is 10.4. The highest BCUT2D eigenvalue weighted by molar-refractivity contribution is 5.94. The van der Waals surface area contributed by atoms with Gasteiger partial charge in [0.05, 0.1) is 11.9 Å². The molecule has 0 spiro atoms. The van der Waals surface area contributed by atoms with Crippen molar-refractivity contribution in [2.24, 2.45) is 0 Å². The van der Waals surface area contributed by atoms with E-state index in [1.807, 2.05) is 6.07 Å². The lowest BCUT2D eigenvalue weighted by Crippen LogP contribution is -2.01. The van der Waals surface area contributed by atoms with Gasteiger partial charge in [-0.15, -0.1) is 0 Å². The van der Waals surface area contributed by atoms with Crippen molar-refractivity contribution in [2.45, 2.75) is 0 Å². The number of imidazole rings is 1. The molecule has 0 bridgehead atoms. The molecule has 0 unspecified atom stereocenters. The number of fused-ring (bicyclic) bond motifs is 1. The first-order valence-electron chi connectivity index (χ1n) is 5.24. The Hall–Kier alpha value is -2.76. The summed E-state index contributed by atoms with van der Waals surface area (Å²) in [7, 11) is 0. The van der Waals surface area contributed by atoms with Crippen molar-refractivity contribution in [1.29, 1.82) is 0 Å². The van der Waals surface area contributed by atoms with Crippen LogP contribution >= 0.6 is 0 Å². The van der Waals surface area contributed by atoms with Gasteiger partial charge < -0.3 is 5.11 Å². The Kier molecular flexibility index (Phi) is 2.26. The lowest BCUT2D eigenvalue weighted by atomic mass is 10.2. The first-order chi connectivity index (χ1) is 8.75. The Balaban J connectivity index is 2.23. The van der Waals surface area contributed by atoms with E-state index < -0.39 is 5.97 Å². The summed E-state index contributed by atoms with van der Waals surface area (Å²) in [5.41, 5.74) is 1.91. The highest BCUT2D eigenvalue weighted by Gasteiger charge is 2.13. The van der Waals surface area contributed by atoms with E-state index in [0.29, 0.717) is 11.3 Å². The average molecular weight is 240 g/mol. The van der Waals surface area contributed by atoms with E-state index in [-0.39, 0.29) is 5.56 Å². The highest BCUT2D eigenvalue weighted by Crippen LogP contribution is 2.18. The van der Waals surface area contributed by atoms with Gasteiger partial charge in [0, 0.05) is 24.2 Å². The maximum absolute atomic E-state index is 11.1. The highest BCUT2D eigenvalue weighted by atomic mass is 16.4. The molecule has 0 atom stereocenters. The summed E-state index contributed by atoms with van der Waals surface area (Å²) in [6.45, 7) is 0. The van der Waals surface area contributed by atoms with Gasteiger partial charge in [-0.1, -0.05) is 0 Å². The van der Waals surface area contributed by atoms with Gasteiger partial charge in [0.25, 0.3) is 0 Å². The summed E-state index contributed by atoms with van der Waals surface area (Å²) in [5, 5.41) is 13.1. The Labute approximate surface area is 102 Å². The SMILES string of the molecule is O=C(O)c1ccnn2cc(-c3cccnc3)nc12. The van der Waals surface area contributed by atoms with Crippen LogP contribution in [-0.2, 0) is 0 Å². The van der Waals surface area contributed by atoms with Crippen molar-refractivity contribution in [3.05, 3.63) is 48.5 Å². The topological polar surface area (TPSA) is 80.4 Å². The minimum atomic E-state index is -1.02. The molecule has 0 aromatic carbocycles. The van der Waals surface area contributed by atoms with Crippen molar-refractivity contribution in [3.63, 3.8) is 0 Å². The van der Waals surface area contributed by atoms with Crippen molar-refractivity contribution in [1.82, 2.24) is 19.6 Å². The quantitative estimate of drug-likeness (QED) is 0.734. The number of aromatic nitrogens is 4. The molecule has 3 aromatic rings. The maximum Gasteiger partial charge on any atom is 0.339 e. The zero-order chi connectivity index (χ0) is 12.5. The molecule has 6 heteroatoms. The Morgan fingerprint density at radius 2 is 2.17 bits per heavy atom.